The molecule has 1 aromatic carbocycles. The molecule has 0 aliphatic heterocycles. The van der Waals surface area contributed by atoms with Crippen LogP contribution in [-0.4, -0.2) is 30.3 Å². The Morgan fingerprint density at radius 3 is 2.03 bits per heavy atom. The van der Waals surface area contributed by atoms with Gasteiger partial charge in [0.05, 0.1) is 0 Å². The molecule has 0 bridgehead atoms. The third-order valence-electron chi connectivity index (χ3n) is 6.25. The number of aryl methyl sites for hydroxylation is 1. The first-order valence-corrected chi connectivity index (χ1v) is 21.8. The number of ether oxygens (including phenoxy) is 2. The van der Waals surface area contributed by atoms with E-state index in [1.54, 1.807) is 3.59 Å². The molecule has 1 aliphatic carbocycles. The predicted molar refractivity (Wildman–Crippen MR) is 134 cm³/mol. The molecule has 2 atom stereocenters. The van der Waals surface area contributed by atoms with E-state index in [1.165, 1.54) is 13.8 Å². The molecule has 0 radical (unpaired) electrons. The van der Waals surface area contributed by atoms with Crippen molar-refractivity contribution >= 4 is 30.3 Å². The molecule has 0 N–H and O–H groups in total. The van der Waals surface area contributed by atoms with Crippen molar-refractivity contribution in [3.63, 3.8) is 0 Å². The topological polar surface area (TPSA) is 52.6 Å². The van der Waals surface area contributed by atoms with Crippen molar-refractivity contribution in [1.29, 1.82) is 0 Å². The van der Waals surface area contributed by atoms with Crippen molar-refractivity contribution in [3.05, 3.63) is 45.1 Å². The SMILES string of the molecule is C=C(C)[C@@H]1CC=[C]([Sn]([CH3])([CH3])[CH3])C[C@H]1c1c(OC(C)=O)cc(CCCCC)cc1OC(C)=O. The maximum absolute atomic E-state index is 12.0. The summed E-state index contributed by atoms with van der Waals surface area (Å²) in [5.74, 6) is 0.617. The Kier molecular flexibility index (Phi) is 9.62. The van der Waals surface area contributed by atoms with Crippen LogP contribution in [0.2, 0.25) is 14.8 Å². The van der Waals surface area contributed by atoms with E-state index in [9.17, 15) is 9.59 Å². The van der Waals surface area contributed by atoms with Gasteiger partial charge in [0.2, 0.25) is 0 Å². The molecule has 0 unspecified atom stereocenters. The van der Waals surface area contributed by atoms with Gasteiger partial charge in [-0.3, -0.25) is 0 Å². The van der Waals surface area contributed by atoms with Gasteiger partial charge in [0.25, 0.3) is 0 Å². The van der Waals surface area contributed by atoms with Crippen LogP contribution in [0.1, 0.15) is 76.8 Å². The van der Waals surface area contributed by atoms with Gasteiger partial charge < -0.3 is 0 Å². The van der Waals surface area contributed by atoms with E-state index in [-0.39, 0.29) is 23.8 Å². The Morgan fingerprint density at radius 1 is 1.03 bits per heavy atom. The number of hydrogen-bond acceptors (Lipinski definition) is 4. The van der Waals surface area contributed by atoms with Crippen molar-refractivity contribution in [3.8, 4) is 11.5 Å². The molecule has 0 saturated carbocycles. The van der Waals surface area contributed by atoms with Crippen LogP contribution < -0.4 is 9.47 Å². The molecule has 0 heterocycles. The van der Waals surface area contributed by atoms with Crippen molar-refractivity contribution in [2.45, 2.75) is 87.0 Å². The molecule has 0 amide bonds. The van der Waals surface area contributed by atoms with Gasteiger partial charge in [-0.1, -0.05) is 0 Å². The fraction of sp³-hybridized carbons (Fsp3) is 0.556. The summed E-state index contributed by atoms with van der Waals surface area (Å²) in [5, 5.41) is 0. The van der Waals surface area contributed by atoms with Crippen molar-refractivity contribution in [2.24, 2.45) is 5.92 Å². The van der Waals surface area contributed by atoms with E-state index in [1.807, 2.05) is 12.1 Å². The minimum absolute atomic E-state index is 0.0665. The molecular formula is C27H40O4Sn. The molecule has 2 rings (SSSR count). The summed E-state index contributed by atoms with van der Waals surface area (Å²) >= 11 is -2.30. The van der Waals surface area contributed by atoms with Gasteiger partial charge >= 0.3 is 199 Å². The van der Waals surface area contributed by atoms with Crippen molar-refractivity contribution < 1.29 is 19.1 Å². The van der Waals surface area contributed by atoms with Crippen molar-refractivity contribution in [2.75, 3.05) is 0 Å². The van der Waals surface area contributed by atoms with Crippen LogP contribution in [0.4, 0.5) is 0 Å². The molecular weight excluding hydrogens is 507 g/mol. The zero-order chi connectivity index (χ0) is 24.1. The third-order valence-corrected chi connectivity index (χ3v) is 12.9. The summed E-state index contributed by atoms with van der Waals surface area (Å²) in [6.45, 7) is 11.3. The number of rotatable bonds is 9. The van der Waals surface area contributed by atoms with Gasteiger partial charge in [0.15, 0.2) is 0 Å². The Labute approximate surface area is 198 Å². The Morgan fingerprint density at radius 2 is 1.59 bits per heavy atom. The van der Waals surface area contributed by atoms with Crippen LogP contribution in [0.25, 0.3) is 0 Å². The Balaban J connectivity index is 2.67. The van der Waals surface area contributed by atoms with Crippen molar-refractivity contribution in [1.82, 2.24) is 0 Å². The van der Waals surface area contributed by atoms with E-state index in [2.05, 4.69) is 41.3 Å². The van der Waals surface area contributed by atoms with Crippen LogP contribution in [0, 0.1) is 5.92 Å². The Bertz CT molecular complexity index is 854. The predicted octanol–water partition coefficient (Wildman–Crippen LogP) is 7.14. The summed E-state index contributed by atoms with van der Waals surface area (Å²) in [6.07, 6.45) is 8.38. The summed E-state index contributed by atoms with van der Waals surface area (Å²) < 4.78 is 13.1. The molecule has 0 aromatic heterocycles. The summed E-state index contributed by atoms with van der Waals surface area (Å²) in [6, 6.07) is 3.96. The van der Waals surface area contributed by atoms with E-state index < -0.39 is 18.4 Å². The monoisotopic (exact) mass is 548 g/mol. The first kappa shape index (κ1) is 26.7. The molecule has 1 aliphatic rings. The first-order valence-electron chi connectivity index (χ1n) is 11.8. The number of carbonyl (C=O) groups excluding carboxylic acids is 2. The zero-order valence-electron chi connectivity index (χ0n) is 21.0. The fourth-order valence-corrected chi connectivity index (χ4v) is 9.04. The average molecular weight is 547 g/mol. The summed E-state index contributed by atoms with van der Waals surface area (Å²) in [7, 11) is 0. The second-order valence-electron chi connectivity index (χ2n) is 10.1. The molecule has 4 nitrogen and oxygen atoms in total. The number of unbranched alkanes of at least 4 members (excludes halogenated alkanes) is 2. The van der Waals surface area contributed by atoms with Crippen LogP contribution in [0.3, 0.4) is 0 Å². The molecule has 5 heteroatoms. The zero-order valence-corrected chi connectivity index (χ0v) is 23.8. The van der Waals surface area contributed by atoms with Crippen LogP contribution in [-0.2, 0) is 16.0 Å². The molecule has 176 valence electrons. The molecule has 0 fully saturated rings. The standard InChI is InChI=1S/C24H31O4.3CH3.Sn/c1-6-7-8-11-19-14-22(27-17(4)25)24(23(15-19)28-18(5)26)21-13-10-9-12-20(21)16(2)3;;;;/h9,14-15,20-21H,2,6-8,11-13H2,1,3-5H3;3*1H3;/t20-,21+;;;;/m0..../s1. The summed E-state index contributed by atoms with van der Waals surface area (Å²) in [5.41, 5.74) is 2.97. The fourth-order valence-electron chi connectivity index (χ4n) is 4.58. The second kappa shape index (κ2) is 11.5. The van der Waals surface area contributed by atoms with E-state index in [0.717, 1.165) is 55.2 Å². The number of carbonyl (C=O) groups is 2. The summed E-state index contributed by atoms with van der Waals surface area (Å²) in [4.78, 5) is 31.4. The van der Waals surface area contributed by atoms with Gasteiger partial charge in [-0.2, -0.15) is 0 Å². The van der Waals surface area contributed by atoms with Gasteiger partial charge in [-0.05, 0) is 0 Å². The number of esters is 2. The van der Waals surface area contributed by atoms with E-state index >= 15 is 0 Å². The molecule has 32 heavy (non-hydrogen) atoms. The Hall–Kier alpha value is -1.56. The number of benzene rings is 1. The van der Waals surface area contributed by atoms with Gasteiger partial charge in [0.1, 0.15) is 0 Å². The maximum atomic E-state index is 12.0. The van der Waals surface area contributed by atoms with Crippen LogP contribution >= 0.6 is 0 Å². The van der Waals surface area contributed by atoms with Gasteiger partial charge in [-0.15, -0.1) is 0 Å². The number of hydrogen-bond donors (Lipinski definition) is 0. The first-order chi connectivity index (χ1) is 14.9. The minimum atomic E-state index is -2.30. The van der Waals surface area contributed by atoms with E-state index in [4.69, 9.17) is 9.47 Å². The van der Waals surface area contributed by atoms with E-state index in [0.29, 0.717) is 11.5 Å². The number of allylic oxidation sites excluding steroid dienone is 3. The molecule has 1 aromatic rings. The normalized spacial score (nSPS) is 18.7. The van der Waals surface area contributed by atoms with Crippen LogP contribution in [0.5, 0.6) is 11.5 Å². The quantitative estimate of drug-likeness (QED) is 0.108. The second-order valence-corrected chi connectivity index (χ2v) is 24.8. The molecule has 0 saturated heterocycles. The average Bonchev–Trinajstić information content (AvgIpc) is 2.66. The third kappa shape index (κ3) is 7.22. The molecule has 0 spiro atoms. The van der Waals surface area contributed by atoms with Crippen LogP contribution in [0.15, 0.2) is 33.9 Å². The van der Waals surface area contributed by atoms with Gasteiger partial charge in [-0.25, -0.2) is 0 Å². The van der Waals surface area contributed by atoms with Gasteiger partial charge in [0, 0.05) is 0 Å².